The molecule has 0 N–H and O–H groups in total. The molecule has 1 heterocycles. The molecule has 0 saturated heterocycles. The number of hydrogen-bond donors (Lipinski definition) is 0. The minimum absolute atomic E-state index is 0.154. The second-order valence-corrected chi connectivity index (χ2v) is 3.42. The number of nitrogens with zero attached hydrogens (tertiary/aromatic N) is 2. The highest BCUT2D eigenvalue weighted by atomic mass is 19.1. The Kier molecular flexibility index (Phi) is 1.87. The lowest BCUT2D eigenvalue weighted by Gasteiger charge is -2.03. The molecule has 1 aromatic heterocycles. The second-order valence-electron chi connectivity index (χ2n) is 3.42. The molecule has 3 heteroatoms. The maximum atomic E-state index is 13.0. The lowest BCUT2D eigenvalue weighted by molar-refractivity contribution is 0.527. The maximum Gasteiger partial charge on any atom is 0.164 e. The van der Waals surface area contributed by atoms with E-state index in [1.165, 1.54) is 19.0 Å². The van der Waals surface area contributed by atoms with Gasteiger partial charge >= 0.3 is 0 Å². The van der Waals surface area contributed by atoms with Gasteiger partial charge in [-0.15, -0.1) is 0 Å². The first-order valence-corrected chi connectivity index (χ1v) is 4.51. The van der Waals surface area contributed by atoms with Gasteiger partial charge in [0.05, 0.1) is 11.9 Å². The Morgan fingerprint density at radius 3 is 3.00 bits per heavy atom. The molecule has 1 aliphatic rings. The summed E-state index contributed by atoms with van der Waals surface area (Å²) in [6.07, 6.45) is 4.62. The van der Waals surface area contributed by atoms with Crippen LogP contribution in [0.15, 0.2) is 6.20 Å². The Labute approximate surface area is 71.4 Å². The van der Waals surface area contributed by atoms with E-state index in [0.29, 0.717) is 0 Å². The van der Waals surface area contributed by atoms with Gasteiger partial charge in [-0.05, 0) is 25.2 Å². The lowest BCUT2D eigenvalue weighted by Crippen LogP contribution is -2.06. The first-order valence-electron chi connectivity index (χ1n) is 4.51. The molecule has 0 radical (unpaired) electrons. The zero-order valence-corrected chi connectivity index (χ0v) is 7.26. The Hall–Kier alpha value is -0.860. The molecule has 2 nitrogen and oxygen atoms in total. The molecule has 0 aromatic carbocycles. The van der Waals surface area contributed by atoms with Crippen LogP contribution in [0.1, 0.15) is 25.5 Å². The van der Waals surface area contributed by atoms with Crippen molar-refractivity contribution in [3.63, 3.8) is 0 Å². The Morgan fingerprint density at radius 1 is 1.67 bits per heavy atom. The van der Waals surface area contributed by atoms with Crippen LogP contribution < -0.4 is 0 Å². The van der Waals surface area contributed by atoms with Crippen LogP contribution in [0, 0.1) is 11.7 Å². The average molecular weight is 168 g/mol. The Balaban J connectivity index is 2.16. The Morgan fingerprint density at radius 2 is 2.42 bits per heavy atom. The van der Waals surface area contributed by atoms with Crippen molar-refractivity contribution in [3.8, 4) is 0 Å². The summed E-state index contributed by atoms with van der Waals surface area (Å²) in [7, 11) is 0. The van der Waals surface area contributed by atoms with Crippen molar-refractivity contribution in [2.75, 3.05) is 0 Å². The van der Waals surface area contributed by atoms with Crippen molar-refractivity contribution in [2.45, 2.75) is 32.7 Å². The van der Waals surface area contributed by atoms with Crippen molar-refractivity contribution in [1.29, 1.82) is 0 Å². The van der Waals surface area contributed by atoms with E-state index in [-0.39, 0.29) is 5.82 Å². The summed E-state index contributed by atoms with van der Waals surface area (Å²) in [4.78, 5) is 0. The van der Waals surface area contributed by atoms with Crippen LogP contribution in [-0.4, -0.2) is 9.78 Å². The summed E-state index contributed by atoms with van der Waals surface area (Å²) in [5.74, 6) is 0.604. The molecule has 66 valence electrons. The molecule has 1 fully saturated rings. The van der Waals surface area contributed by atoms with Crippen LogP contribution in [0.3, 0.4) is 0 Å². The van der Waals surface area contributed by atoms with E-state index in [1.54, 1.807) is 0 Å². The van der Waals surface area contributed by atoms with Crippen LogP contribution in [0.5, 0.6) is 0 Å². The fourth-order valence-corrected chi connectivity index (χ4v) is 1.44. The highest BCUT2D eigenvalue weighted by molar-refractivity contribution is 5.04. The van der Waals surface area contributed by atoms with Gasteiger partial charge < -0.3 is 0 Å². The predicted molar refractivity (Wildman–Crippen MR) is 44.3 cm³/mol. The first kappa shape index (κ1) is 7.77. The normalized spacial score (nSPS) is 16.8. The summed E-state index contributed by atoms with van der Waals surface area (Å²) in [6.45, 7) is 2.87. The fraction of sp³-hybridized carbons (Fsp3) is 0.667. The number of halogens is 1. The fourth-order valence-electron chi connectivity index (χ4n) is 1.44. The molecular weight excluding hydrogens is 155 g/mol. The molecule has 0 aliphatic heterocycles. The topological polar surface area (TPSA) is 17.8 Å². The van der Waals surface area contributed by atoms with E-state index >= 15 is 0 Å². The summed E-state index contributed by atoms with van der Waals surface area (Å²) in [6, 6.07) is 0. The largest absolute Gasteiger partial charge is 0.266 e. The van der Waals surface area contributed by atoms with Crippen molar-refractivity contribution in [3.05, 3.63) is 17.7 Å². The molecule has 0 bridgehead atoms. The van der Waals surface area contributed by atoms with Gasteiger partial charge in [-0.3, -0.25) is 4.68 Å². The third-order valence-corrected chi connectivity index (χ3v) is 2.36. The van der Waals surface area contributed by atoms with Gasteiger partial charge in [-0.25, -0.2) is 4.39 Å². The standard InChI is InChI=1S/C9H13FN2/c1-2-9-8(10)5-11-12(9)6-7-3-4-7/h5,7H,2-4,6H2,1H3. The second kappa shape index (κ2) is 2.88. The molecule has 1 aliphatic carbocycles. The van der Waals surface area contributed by atoms with Crippen LogP contribution in [0.2, 0.25) is 0 Å². The van der Waals surface area contributed by atoms with Crippen LogP contribution in [0.4, 0.5) is 4.39 Å². The van der Waals surface area contributed by atoms with Crippen molar-refractivity contribution < 1.29 is 4.39 Å². The number of rotatable bonds is 3. The van der Waals surface area contributed by atoms with Gasteiger partial charge in [0.2, 0.25) is 0 Å². The summed E-state index contributed by atoms with van der Waals surface area (Å²) in [5, 5.41) is 4.01. The SMILES string of the molecule is CCc1c(F)cnn1CC1CC1. The van der Waals surface area contributed by atoms with Gasteiger partial charge in [0.1, 0.15) is 0 Å². The average Bonchev–Trinajstić information content (AvgIpc) is 2.78. The highest BCUT2D eigenvalue weighted by Crippen LogP contribution is 2.30. The number of aromatic nitrogens is 2. The summed E-state index contributed by atoms with van der Waals surface area (Å²) in [5.41, 5.74) is 0.752. The van der Waals surface area contributed by atoms with Crippen LogP contribution in [0.25, 0.3) is 0 Å². The molecule has 0 atom stereocenters. The van der Waals surface area contributed by atoms with Gasteiger partial charge in [0.15, 0.2) is 5.82 Å². The molecule has 0 spiro atoms. The number of hydrogen-bond acceptors (Lipinski definition) is 1. The zero-order valence-electron chi connectivity index (χ0n) is 7.26. The maximum absolute atomic E-state index is 13.0. The van der Waals surface area contributed by atoms with Crippen molar-refractivity contribution in [1.82, 2.24) is 9.78 Å². The minimum atomic E-state index is -0.154. The van der Waals surface area contributed by atoms with E-state index in [2.05, 4.69) is 5.10 Å². The van der Waals surface area contributed by atoms with Crippen molar-refractivity contribution in [2.24, 2.45) is 5.92 Å². The monoisotopic (exact) mass is 168 g/mol. The predicted octanol–water partition coefficient (Wildman–Crippen LogP) is 1.99. The quantitative estimate of drug-likeness (QED) is 0.675. The summed E-state index contributed by atoms with van der Waals surface area (Å²) < 4.78 is 14.8. The van der Waals surface area contributed by atoms with Crippen LogP contribution in [-0.2, 0) is 13.0 Å². The van der Waals surface area contributed by atoms with Crippen LogP contribution >= 0.6 is 0 Å². The minimum Gasteiger partial charge on any atom is -0.266 e. The smallest absolute Gasteiger partial charge is 0.164 e. The van der Waals surface area contributed by atoms with Gasteiger partial charge in [-0.2, -0.15) is 5.10 Å². The van der Waals surface area contributed by atoms with E-state index in [9.17, 15) is 4.39 Å². The molecular formula is C9H13FN2. The molecule has 0 amide bonds. The lowest BCUT2D eigenvalue weighted by atomic mass is 10.3. The van der Waals surface area contributed by atoms with Gasteiger partial charge in [-0.1, -0.05) is 6.92 Å². The molecule has 2 rings (SSSR count). The van der Waals surface area contributed by atoms with E-state index < -0.39 is 0 Å². The molecule has 1 aromatic rings. The highest BCUT2D eigenvalue weighted by Gasteiger charge is 2.23. The van der Waals surface area contributed by atoms with E-state index in [1.807, 2.05) is 11.6 Å². The third-order valence-electron chi connectivity index (χ3n) is 2.36. The Bertz CT molecular complexity index is 276. The zero-order chi connectivity index (χ0) is 8.55. The molecule has 1 saturated carbocycles. The van der Waals surface area contributed by atoms with Gasteiger partial charge in [0.25, 0.3) is 0 Å². The molecule has 12 heavy (non-hydrogen) atoms. The van der Waals surface area contributed by atoms with E-state index in [0.717, 1.165) is 24.6 Å². The van der Waals surface area contributed by atoms with E-state index in [4.69, 9.17) is 0 Å². The third kappa shape index (κ3) is 1.36. The van der Waals surface area contributed by atoms with Crippen molar-refractivity contribution >= 4 is 0 Å². The van der Waals surface area contributed by atoms with Gasteiger partial charge in [0, 0.05) is 6.54 Å². The summed E-state index contributed by atoms with van der Waals surface area (Å²) >= 11 is 0. The molecule has 0 unspecified atom stereocenters. The first-order chi connectivity index (χ1) is 5.81.